The van der Waals surface area contributed by atoms with Gasteiger partial charge in [-0.2, -0.15) is 5.10 Å². The molecule has 1 unspecified atom stereocenters. The van der Waals surface area contributed by atoms with Gasteiger partial charge >= 0.3 is 0 Å². The first-order chi connectivity index (χ1) is 14.1. The summed E-state index contributed by atoms with van der Waals surface area (Å²) < 4.78 is 0. The van der Waals surface area contributed by atoms with Crippen LogP contribution in [0.25, 0.3) is 6.08 Å². The molecule has 5 N–H and O–H groups in total. The molecule has 1 aromatic heterocycles. The minimum Gasteiger partial charge on any atom is -0.390 e. The van der Waals surface area contributed by atoms with Crippen molar-refractivity contribution in [2.24, 2.45) is 16.0 Å². The number of aromatic nitrogens is 1. The van der Waals surface area contributed by atoms with Crippen molar-refractivity contribution in [3.63, 3.8) is 0 Å². The van der Waals surface area contributed by atoms with E-state index in [0.29, 0.717) is 11.8 Å². The Bertz CT molecular complexity index is 905. The van der Waals surface area contributed by atoms with E-state index in [2.05, 4.69) is 45.0 Å². The number of H-pyrrole nitrogens is 1. The van der Waals surface area contributed by atoms with E-state index in [0.717, 1.165) is 30.1 Å². The fourth-order valence-corrected chi connectivity index (χ4v) is 3.92. The summed E-state index contributed by atoms with van der Waals surface area (Å²) in [5.74, 6) is -0.425. The van der Waals surface area contributed by atoms with E-state index in [-0.39, 0.29) is 18.4 Å². The van der Waals surface area contributed by atoms with Gasteiger partial charge in [0.2, 0.25) is 0 Å². The van der Waals surface area contributed by atoms with Crippen LogP contribution < -0.4 is 16.1 Å². The molecule has 0 aromatic carbocycles. The minimum absolute atomic E-state index is 0.0341. The van der Waals surface area contributed by atoms with Crippen LogP contribution in [0.1, 0.15) is 55.1 Å². The van der Waals surface area contributed by atoms with Crippen molar-refractivity contribution in [3.8, 4) is 0 Å². The van der Waals surface area contributed by atoms with E-state index in [4.69, 9.17) is 0 Å². The van der Waals surface area contributed by atoms with Crippen LogP contribution in [-0.2, 0) is 17.8 Å². The molecule has 0 radical (unpaired) electrons. The Kier molecular flexibility index (Phi) is 5.64. The molecule has 8 nitrogen and oxygen atoms in total. The lowest BCUT2D eigenvalue weighted by Gasteiger charge is -2.17. The fourth-order valence-electron chi connectivity index (χ4n) is 3.92. The van der Waals surface area contributed by atoms with Crippen LogP contribution in [0, 0.1) is 5.92 Å². The van der Waals surface area contributed by atoms with Crippen LogP contribution in [0.4, 0.5) is 0 Å². The van der Waals surface area contributed by atoms with Crippen LogP contribution in [0.2, 0.25) is 0 Å². The van der Waals surface area contributed by atoms with Crippen molar-refractivity contribution in [2.45, 2.75) is 51.7 Å². The summed E-state index contributed by atoms with van der Waals surface area (Å²) in [5.41, 5.74) is 7.99. The second-order valence-electron chi connectivity index (χ2n) is 7.96. The smallest absolute Gasteiger partial charge is 0.254 e. The monoisotopic (exact) mass is 396 g/mol. The van der Waals surface area contributed by atoms with Crippen molar-refractivity contribution in [1.82, 2.24) is 21.0 Å². The van der Waals surface area contributed by atoms with Gasteiger partial charge in [0.05, 0.1) is 18.0 Å². The van der Waals surface area contributed by atoms with Crippen LogP contribution in [0.15, 0.2) is 28.2 Å². The van der Waals surface area contributed by atoms with Gasteiger partial charge in [-0.05, 0) is 48.9 Å². The Morgan fingerprint density at radius 1 is 1.38 bits per heavy atom. The SMILES string of the molecule is CC(C)c1c(C=C2NC=CN=C2C2C=NNC2=O)[nH]c(CO)c1CCNC1CC1. The minimum atomic E-state index is -0.518. The number of hydrazone groups is 1. The number of aromatic amines is 1. The lowest BCUT2D eigenvalue weighted by molar-refractivity contribution is -0.120. The second kappa shape index (κ2) is 8.34. The summed E-state index contributed by atoms with van der Waals surface area (Å²) in [6.45, 7) is 5.18. The first kappa shape index (κ1) is 19.6. The molecule has 3 aliphatic rings. The predicted molar refractivity (Wildman–Crippen MR) is 113 cm³/mol. The second-order valence-corrected chi connectivity index (χ2v) is 7.96. The topological polar surface area (TPSA) is 114 Å². The summed E-state index contributed by atoms with van der Waals surface area (Å²) in [6.07, 6.45) is 10.3. The van der Waals surface area contributed by atoms with Gasteiger partial charge < -0.3 is 20.7 Å². The summed E-state index contributed by atoms with van der Waals surface area (Å²) in [4.78, 5) is 19.9. The molecule has 0 bridgehead atoms. The van der Waals surface area contributed by atoms with Crippen LogP contribution >= 0.6 is 0 Å². The summed E-state index contributed by atoms with van der Waals surface area (Å²) in [5, 5.41) is 20.6. The predicted octanol–water partition coefficient (Wildman–Crippen LogP) is 1.51. The van der Waals surface area contributed by atoms with E-state index in [1.165, 1.54) is 24.0 Å². The van der Waals surface area contributed by atoms with Crippen molar-refractivity contribution in [3.05, 3.63) is 40.6 Å². The largest absolute Gasteiger partial charge is 0.390 e. The van der Waals surface area contributed by atoms with Gasteiger partial charge in [-0.15, -0.1) is 0 Å². The highest BCUT2D eigenvalue weighted by Gasteiger charge is 2.30. The van der Waals surface area contributed by atoms with Gasteiger partial charge in [0, 0.05) is 36.0 Å². The molecule has 3 heterocycles. The van der Waals surface area contributed by atoms with E-state index >= 15 is 0 Å². The molecule has 1 fully saturated rings. The van der Waals surface area contributed by atoms with Crippen molar-refractivity contribution in [2.75, 3.05) is 6.54 Å². The molecule has 29 heavy (non-hydrogen) atoms. The zero-order chi connectivity index (χ0) is 20.4. The number of aliphatic imine (C=N–C) groups is 1. The number of hydrogen-bond acceptors (Lipinski definition) is 6. The number of aliphatic hydroxyl groups excluding tert-OH is 1. The summed E-state index contributed by atoms with van der Waals surface area (Å²) in [7, 11) is 0. The molecule has 0 saturated heterocycles. The van der Waals surface area contributed by atoms with Crippen LogP contribution in [-0.4, -0.2) is 40.5 Å². The van der Waals surface area contributed by atoms with Gasteiger partial charge in [0.25, 0.3) is 5.91 Å². The maximum Gasteiger partial charge on any atom is 0.254 e. The lowest BCUT2D eigenvalue weighted by Crippen LogP contribution is -2.32. The highest BCUT2D eigenvalue weighted by atomic mass is 16.3. The van der Waals surface area contributed by atoms with Crippen molar-refractivity contribution < 1.29 is 9.90 Å². The molecule has 154 valence electrons. The fraction of sp³-hybridized carbons (Fsp3) is 0.476. The molecule has 1 aliphatic carbocycles. The number of carbonyl (C=O) groups excluding carboxylic acids is 1. The average Bonchev–Trinajstić information content (AvgIpc) is 3.32. The molecule has 1 atom stereocenters. The molecular formula is C21H28N6O2. The van der Waals surface area contributed by atoms with Crippen LogP contribution in [0.5, 0.6) is 0 Å². The third-order valence-corrected chi connectivity index (χ3v) is 5.45. The average molecular weight is 396 g/mol. The number of hydrogen-bond donors (Lipinski definition) is 5. The normalized spacial score (nSPS) is 22.3. The number of rotatable bonds is 8. The first-order valence-corrected chi connectivity index (χ1v) is 10.2. The number of aliphatic hydroxyl groups is 1. The van der Waals surface area contributed by atoms with Crippen molar-refractivity contribution in [1.29, 1.82) is 0 Å². The molecule has 1 saturated carbocycles. The first-order valence-electron chi connectivity index (χ1n) is 10.2. The maximum atomic E-state index is 12.1. The van der Waals surface area contributed by atoms with Gasteiger partial charge in [0.15, 0.2) is 0 Å². The molecule has 8 heteroatoms. The molecule has 0 spiro atoms. The highest BCUT2D eigenvalue weighted by molar-refractivity contribution is 6.24. The molecule has 4 rings (SSSR count). The number of nitrogens with one attached hydrogen (secondary N) is 4. The third-order valence-electron chi connectivity index (χ3n) is 5.45. The Balaban J connectivity index is 1.66. The molecule has 2 aliphatic heterocycles. The third kappa shape index (κ3) is 4.18. The van der Waals surface area contributed by atoms with Gasteiger partial charge in [-0.3, -0.25) is 9.79 Å². The zero-order valence-corrected chi connectivity index (χ0v) is 16.8. The van der Waals surface area contributed by atoms with E-state index in [9.17, 15) is 9.90 Å². The zero-order valence-electron chi connectivity index (χ0n) is 16.8. The summed E-state index contributed by atoms with van der Waals surface area (Å²) >= 11 is 0. The number of carbonyl (C=O) groups is 1. The Labute approximate surface area is 170 Å². The van der Waals surface area contributed by atoms with E-state index in [1.807, 2.05) is 6.08 Å². The standard InChI is InChI=1S/C21H28N6O2/c1-12(2)19-14(5-6-22-13-3-4-13)18(11-28)26-16(19)9-17-20(24-8-7-23-17)15-10-25-27-21(15)29/h7-10,12-13,15,22-23,26,28H,3-6,11H2,1-2H3,(H,27,29). The Morgan fingerprint density at radius 3 is 2.86 bits per heavy atom. The molecule has 1 aromatic rings. The molecular weight excluding hydrogens is 368 g/mol. The van der Waals surface area contributed by atoms with Crippen molar-refractivity contribution >= 4 is 23.9 Å². The number of allylic oxidation sites excluding steroid dienone is 1. The quantitative estimate of drug-likeness (QED) is 0.458. The Hall–Kier alpha value is -2.71. The lowest BCUT2D eigenvalue weighted by atomic mass is 9.94. The van der Waals surface area contributed by atoms with E-state index in [1.54, 1.807) is 18.6 Å². The molecule has 1 amide bonds. The van der Waals surface area contributed by atoms with Gasteiger partial charge in [-0.25, -0.2) is 5.43 Å². The van der Waals surface area contributed by atoms with Gasteiger partial charge in [0.1, 0.15) is 5.92 Å². The maximum absolute atomic E-state index is 12.1. The van der Waals surface area contributed by atoms with Gasteiger partial charge in [-0.1, -0.05) is 13.8 Å². The van der Waals surface area contributed by atoms with Crippen LogP contribution in [0.3, 0.4) is 0 Å². The van der Waals surface area contributed by atoms with E-state index < -0.39 is 5.92 Å². The number of amides is 1. The number of nitrogens with zero attached hydrogens (tertiary/aromatic N) is 2. The Morgan fingerprint density at radius 2 is 2.21 bits per heavy atom. The summed E-state index contributed by atoms with van der Waals surface area (Å²) in [6, 6.07) is 0.659. The highest BCUT2D eigenvalue weighted by Crippen LogP contribution is 2.30.